The topological polar surface area (TPSA) is 32.3 Å². The van der Waals surface area contributed by atoms with Crippen LogP contribution in [0.3, 0.4) is 0 Å². The van der Waals surface area contributed by atoms with Crippen molar-refractivity contribution in [2.45, 2.75) is 96.8 Å². The first-order chi connectivity index (χ1) is 9.71. The van der Waals surface area contributed by atoms with Gasteiger partial charge in [0.15, 0.2) is 0 Å². The molecule has 3 heteroatoms. The van der Waals surface area contributed by atoms with E-state index in [1.165, 1.54) is 38.5 Å². The van der Waals surface area contributed by atoms with Gasteiger partial charge in [0.2, 0.25) is 5.91 Å². The Hall–Kier alpha value is -0.570. The molecule has 1 N–H and O–H groups in total. The molecule has 2 aliphatic rings. The van der Waals surface area contributed by atoms with Crippen molar-refractivity contribution in [2.75, 3.05) is 0 Å². The summed E-state index contributed by atoms with van der Waals surface area (Å²) in [5.74, 6) is 1.28. The van der Waals surface area contributed by atoms with E-state index in [2.05, 4.69) is 31.0 Å². The molecule has 1 saturated carbocycles. The zero-order valence-corrected chi connectivity index (χ0v) is 13.5. The van der Waals surface area contributed by atoms with Crippen LogP contribution in [0, 0.1) is 5.92 Å². The van der Waals surface area contributed by atoms with E-state index in [1.807, 2.05) is 0 Å². The fraction of sp³-hybridized carbons (Fsp3) is 0.941. The molecule has 0 radical (unpaired) electrons. The van der Waals surface area contributed by atoms with Gasteiger partial charge in [0.25, 0.3) is 0 Å². The minimum absolute atomic E-state index is 0.0869. The van der Waals surface area contributed by atoms with Crippen molar-refractivity contribution < 1.29 is 4.79 Å². The lowest BCUT2D eigenvalue weighted by atomic mass is 9.83. The van der Waals surface area contributed by atoms with Crippen molar-refractivity contribution in [3.8, 4) is 0 Å². The fourth-order valence-electron chi connectivity index (χ4n) is 3.91. The van der Waals surface area contributed by atoms with Crippen LogP contribution >= 0.6 is 0 Å². The Morgan fingerprint density at radius 1 is 1.10 bits per heavy atom. The molecule has 0 aromatic carbocycles. The number of nitrogens with one attached hydrogen (secondary N) is 1. The number of carbonyl (C=O) groups is 1. The summed E-state index contributed by atoms with van der Waals surface area (Å²) in [5.41, 5.74) is 0. The Balaban J connectivity index is 1.96. The van der Waals surface area contributed by atoms with Gasteiger partial charge in [-0.3, -0.25) is 10.1 Å². The van der Waals surface area contributed by atoms with Crippen molar-refractivity contribution in [3.05, 3.63) is 0 Å². The van der Waals surface area contributed by atoms with Gasteiger partial charge in [-0.25, -0.2) is 0 Å². The number of hydrogen-bond donors (Lipinski definition) is 1. The van der Waals surface area contributed by atoms with Crippen LogP contribution < -0.4 is 5.32 Å². The van der Waals surface area contributed by atoms with Crippen LogP contribution in [-0.4, -0.2) is 29.1 Å². The minimum Gasteiger partial charge on any atom is -0.323 e. The third-order valence-corrected chi connectivity index (χ3v) is 5.30. The predicted molar refractivity (Wildman–Crippen MR) is 83.4 cm³/mol. The quantitative estimate of drug-likeness (QED) is 0.805. The molecule has 2 rings (SSSR count). The zero-order chi connectivity index (χ0) is 14.5. The summed E-state index contributed by atoms with van der Waals surface area (Å²) in [5, 5.41) is 3.57. The number of nitrogens with zero attached hydrogens (tertiary/aromatic N) is 1. The smallest absolute Gasteiger partial charge is 0.241 e. The average Bonchev–Trinajstić information content (AvgIpc) is 2.81. The molecule has 0 aromatic heterocycles. The Bertz CT molecular complexity index is 310. The molecule has 1 aliphatic heterocycles. The molecule has 1 heterocycles. The van der Waals surface area contributed by atoms with Gasteiger partial charge in [-0.1, -0.05) is 40.0 Å². The molecule has 20 heavy (non-hydrogen) atoms. The van der Waals surface area contributed by atoms with Gasteiger partial charge in [0.05, 0.1) is 12.2 Å². The van der Waals surface area contributed by atoms with Crippen molar-refractivity contribution in [2.24, 2.45) is 5.92 Å². The summed E-state index contributed by atoms with van der Waals surface area (Å²) in [4.78, 5) is 14.9. The number of unbranched alkanes of at least 4 members (excludes halogenated alkanes) is 1. The van der Waals surface area contributed by atoms with Crippen LogP contribution in [0.5, 0.6) is 0 Å². The van der Waals surface area contributed by atoms with E-state index in [9.17, 15) is 4.79 Å². The van der Waals surface area contributed by atoms with Crippen LogP contribution in [-0.2, 0) is 4.79 Å². The van der Waals surface area contributed by atoms with Crippen LogP contribution in [0.25, 0.3) is 0 Å². The molecular formula is C17H32N2O. The van der Waals surface area contributed by atoms with E-state index in [-0.39, 0.29) is 12.2 Å². The number of rotatable bonds is 6. The van der Waals surface area contributed by atoms with Crippen molar-refractivity contribution in [3.63, 3.8) is 0 Å². The molecule has 1 saturated heterocycles. The Labute approximate surface area is 124 Å². The fourth-order valence-corrected chi connectivity index (χ4v) is 3.91. The lowest BCUT2D eigenvalue weighted by Crippen LogP contribution is -2.45. The average molecular weight is 280 g/mol. The normalized spacial score (nSPS) is 34.8. The molecule has 2 unspecified atom stereocenters. The maximum atomic E-state index is 12.7. The van der Waals surface area contributed by atoms with Crippen LogP contribution in [0.15, 0.2) is 0 Å². The molecular weight excluding hydrogens is 248 g/mol. The molecule has 1 amide bonds. The SMILES string of the molecule is CCCCC1NC(CC)N(C2CCC(CC)CC2)C1=O. The first-order valence-electron chi connectivity index (χ1n) is 8.79. The second-order valence-electron chi connectivity index (χ2n) is 6.61. The van der Waals surface area contributed by atoms with Gasteiger partial charge >= 0.3 is 0 Å². The summed E-state index contributed by atoms with van der Waals surface area (Å²) in [6, 6.07) is 0.582. The van der Waals surface area contributed by atoms with Crippen molar-refractivity contribution >= 4 is 5.91 Å². The summed E-state index contributed by atoms with van der Waals surface area (Å²) in [6.45, 7) is 6.68. The summed E-state index contributed by atoms with van der Waals surface area (Å²) < 4.78 is 0. The Kier molecular flexibility index (Phi) is 5.88. The Morgan fingerprint density at radius 2 is 1.80 bits per heavy atom. The lowest BCUT2D eigenvalue weighted by molar-refractivity contribution is -0.133. The standard InChI is InChI=1S/C17H32N2O/c1-4-7-8-15-17(20)19(16(6-3)18-15)14-11-9-13(5-2)10-12-14/h13-16,18H,4-12H2,1-3H3. The van der Waals surface area contributed by atoms with E-state index in [0.29, 0.717) is 11.9 Å². The maximum Gasteiger partial charge on any atom is 0.241 e. The molecule has 2 atom stereocenters. The minimum atomic E-state index is 0.0869. The first kappa shape index (κ1) is 15.8. The number of amides is 1. The maximum absolute atomic E-state index is 12.7. The predicted octanol–water partition coefficient (Wildman–Crippen LogP) is 3.68. The molecule has 0 spiro atoms. The van der Waals surface area contributed by atoms with Gasteiger partial charge in [0.1, 0.15) is 0 Å². The third kappa shape index (κ3) is 3.36. The van der Waals surface area contributed by atoms with E-state index < -0.39 is 0 Å². The highest BCUT2D eigenvalue weighted by molar-refractivity contribution is 5.84. The highest BCUT2D eigenvalue weighted by Gasteiger charge is 2.41. The molecule has 0 aromatic rings. The van der Waals surface area contributed by atoms with Crippen molar-refractivity contribution in [1.29, 1.82) is 0 Å². The Morgan fingerprint density at radius 3 is 2.35 bits per heavy atom. The molecule has 116 valence electrons. The van der Waals surface area contributed by atoms with E-state index >= 15 is 0 Å². The zero-order valence-electron chi connectivity index (χ0n) is 13.5. The molecule has 1 aliphatic carbocycles. The van der Waals surface area contributed by atoms with E-state index in [4.69, 9.17) is 0 Å². The largest absolute Gasteiger partial charge is 0.323 e. The van der Waals surface area contributed by atoms with Crippen LogP contribution in [0.4, 0.5) is 0 Å². The van der Waals surface area contributed by atoms with Gasteiger partial charge in [0, 0.05) is 6.04 Å². The van der Waals surface area contributed by atoms with E-state index in [0.717, 1.165) is 25.2 Å². The monoisotopic (exact) mass is 280 g/mol. The van der Waals surface area contributed by atoms with Crippen LogP contribution in [0.1, 0.15) is 78.6 Å². The molecule has 0 bridgehead atoms. The number of hydrogen-bond acceptors (Lipinski definition) is 2. The van der Waals surface area contributed by atoms with Gasteiger partial charge in [-0.2, -0.15) is 0 Å². The lowest BCUT2D eigenvalue weighted by Gasteiger charge is -2.37. The second-order valence-corrected chi connectivity index (χ2v) is 6.61. The van der Waals surface area contributed by atoms with E-state index in [1.54, 1.807) is 0 Å². The molecule has 2 fully saturated rings. The second kappa shape index (κ2) is 7.44. The summed E-state index contributed by atoms with van der Waals surface area (Å²) in [7, 11) is 0. The highest BCUT2D eigenvalue weighted by Crippen LogP contribution is 2.32. The third-order valence-electron chi connectivity index (χ3n) is 5.30. The number of carbonyl (C=O) groups excluding carboxylic acids is 1. The summed E-state index contributed by atoms with van der Waals surface area (Å²) >= 11 is 0. The van der Waals surface area contributed by atoms with Gasteiger partial charge in [-0.05, 0) is 44.4 Å². The first-order valence-corrected chi connectivity index (χ1v) is 8.79. The summed E-state index contributed by atoms with van der Waals surface area (Å²) in [6.07, 6.45) is 11.0. The molecule has 3 nitrogen and oxygen atoms in total. The van der Waals surface area contributed by atoms with Crippen LogP contribution in [0.2, 0.25) is 0 Å². The van der Waals surface area contributed by atoms with Gasteiger partial charge < -0.3 is 4.90 Å². The van der Waals surface area contributed by atoms with Gasteiger partial charge in [-0.15, -0.1) is 0 Å². The highest BCUT2D eigenvalue weighted by atomic mass is 16.2. The van der Waals surface area contributed by atoms with Crippen molar-refractivity contribution in [1.82, 2.24) is 10.2 Å².